The molecule has 2 aliphatic heterocycles. The van der Waals surface area contributed by atoms with Gasteiger partial charge in [0.2, 0.25) is 5.91 Å². The summed E-state index contributed by atoms with van der Waals surface area (Å²) >= 11 is 5.93. The first-order chi connectivity index (χ1) is 16.1. The Balaban J connectivity index is 1.21. The van der Waals surface area contributed by atoms with Crippen LogP contribution < -0.4 is 9.80 Å². The van der Waals surface area contributed by atoms with Gasteiger partial charge < -0.3 is 14.7 Å². The van der Waals surface area contributed by atoms with Crippen LogP contribution in [0.4, 0.5) is 15.9 Å². The zero-order valence-electron chi connectivity index (χ0n) is 18.0. The van der Waals surface area contributed by atoms with Crippen LogP contribution in [0.3, 0.4) is 0 Å². The van der Waals surface area contributed by atoms with Crippen LogP contribution in [0.2, 0.25) is 5.02 Å². The normalized spacial score (nSPS) is 19.1. The Labute approximate surface area is 195 Å². The highest BCUT2D eigenvalue weighted by Gasteiger charge is 2.31. The van der Waals surface area contributed by atoms with E-state index in [1.807, 2.05) is 11.0 Å². The van der Waals surface area contributed by atoms with Crippen LogP contribution >= 0.6 is 11.6 Å². The standard InChI is InChI=1S/C22H24ClFN8O/c23-18-10-17(3-4-19(18)24)29-6-8-30(9-7-29)22(33)16-2-1-5-31(12-16)20-11-21(27-14-26-20)32-15-25-13-28-32/h3-4,10-11,13-16H,1-2,5-9,12H2. The number of amides is 1. The van der Waals surface area contributed by atoms with Gasteiger partial charge in [0.25, 0.3) is 0 Å². The second-order valence-corrected chi connectivity index (χ2v) is 8.68. The van der Waals surface area contributed by atoms with E-state index in [-0.39, 0.29) is 16.8 Å². The molecule has 2 saturated heterocycles. The Morgan fingerprint density at radius 1 is 1.00 bits per heavy atom. The maximum absolute atomic E-state index is 13.5. The van der Waals surface area contributed by atoms with Crippen molar-refractivity contribution < 1.29 is 9.18 Å². The molecule has 172 valence electrons. The predicted octanol–water partition coefficient (Wildman–Crippen LogP) is 2.42. The van der Waals surface area contributed by atoms with Gasteiger partial charge >= 0.3 is 0 Å². The molecular formula is C22H24ClFN8O. The van der Waals surface area contributed by atoms with Gasteiger partial charge in [0, 0.05) is 51.0 Å². The third-order valence-electron chi connectivity index (χ3n) is 6.25. The summed E-state index contributed by atoms with van der Waals surface area (Å²) in [6.45, 7) is 4.12. The summed E-state index contributed by atoms with van der Waals surface area (Å²) < 4.78 is 15.1. The summed E-state index contributed by atoms with van der Waals surface area (Å²) in [5, 5.41) is 4.24. The third kappa shape index (κ3) is 4.61. The average Bonchev–Trinajstić information content (AvgIpc) is 3.41. The van der Waals surface area contributed by atoms with Crippen LogP contribution in [-0.4, -0.2) is 74.8 Å². The van der Waals surface area contributed by atoms with Crippen LogP contribution in [-0.2, 0) is 4.79 Å². The number of anilines is 2. The van der Waals surface area contributed by atoms with Gasteiger partial charge in [-0.15, -0.1) is 0 Å². The Hall–Kier alpha value is -3.27. The van der Waals surface area contributed by atoms with Gasteiger partial charge in [-0.3, -0.25) is 4.79 Å². The molecule has 0 bridgehead atoms. The number of piperidine rings is 1. The van der Waals surface area contributed by atoms with Crippen molar-refractivity contribution in [1.82, 2.24) is 29.6 Å². The zero-order valence-corrected chi connectivity index (χ0v) is 18.8. The number of benzene rings is 1. The molecular weight excluding hydrogens is 447 g/mol. The fourth-order valence-corrected chi connectivity index (χ4v) is 4.65. The quantitative estimate of drug-likeness (QED) is 0.579. The molecule has 0 radical (unpaired) electrons. The first kappa shape index (κ1) is 21.6. The van der Waals surface area contributed by atoms with E-state index < -0.39 is 5.82 Å². The van der Waals surface area contributed by atoms with Crippen LogP contribution in [0.1, 0.15) is 12.8 Å². The molecule has 2 aliphatic rings. The molecule has 0 saturated carbocycles. The topological polar surface area (TPSA) is 83.3 Å². The highest BCUT2D eigenvalue weighted by Crippen LogP contribution is 2.26. The number of piperazine rings is 1. The van der Waals surface area contributed by atoms with Crippen LogP contribution in [0.5, 0.6) is 0 Å². The fraction of sp³-hybridized carbons (Fsp3) is 0.409. The van der Waals surface area contributed by atoms with E-state index in [1.165, 1.54) is 18.7 Å². The van der Waals surface area contributed by atoms with E-state index in [1.54, 1.807) is 23.1 Å². The molecule has 5 rings (SSSR count). The van der Waals surface area contributed by atoms with Gasteiger partial charge in [0.05, 0.1) is 10.9 Å². The highest BCUT2D eigenvalue weighted by molar-refractivity contribution is 6.31. The Bertz CT molecular complexity index is 1120. The van der Waals surface area contributed by atoms with E-state index in [2.05, 4.69) is 29.9 Å². The number of halogens is 2. The summed E-state index contributed by atoms with van der Waals surface area (Å²) in [6.07, 6.45) is 6.35. The van der Waals surface area contributed by atoms with Gasteiger partial charge in [0.1, 0.15) is 30.6 Å². The Morgan fingerprint density at radius 2 is 1.82 bits per heavy atom. The van der Waals surface area contributed by atoms with Crippen molar-refractivity contribution in [1.29, 1.82) is 0 Å². The van der Waals surface area contributed by atoms with Gasteiger partial charge in [-0.1, -0.05) is 11.6 Å². The number of hydrogen-bond donors (Lipinski definition) is 0. The Kier molecular flexibility index (Phi) is 6.08. The SMILES string of the molecule is O=C(C1CCCN(c2cc(-n3cncn3)ncn2)C1)N1CCN(c2ccc(F)c(Cl)c2)CC1. The van der Waals surface area contributed by atoms with Crippen LogP contribution in [0.25, 0.3) is 5.82 Å². The van der Waals surface area contributed by atoms with Gasteiger partial charge in [-0.2, -0.15) is 5.10 Å². The van der Waals surface area contributed by atoms with Gasteiger partial charge in [0.15, 0.2) is 5.82 Å². The van der Waals surface area contributed by atoms with Crippen LogP contribution in [0, 0.1) is 11.7 Å². The summed E-state index contributed by atoms with van der Waals surface area (Å²) in [7, 11) is 0. The molecule has 0 N–H and O–H groups in total. The number of rotatable bonds is 4. The van der Waals surface area contributed by atoms with E-state index >= 15 is 0 Å². The van der Waals surface area contributed by atoms with Crippen molar-refractivity contribution in [3.05, 3.63) is 54.1 Å². The number of aromatic nitrogens is 5. The third-order valence-corrected chi connectivity index (χ3v) is 6.54. The molecule has 1 unspecified atom stereocenters. The number of carbonyl (C=O) groups is 1. The molecule has 11 heteroatoms. The minimum atomic E-state index is -0.423. The molecule has 0 spiro atoms. The lowest BCUT2D eigenvalue weighted by Crippen LogP contribution is -2.52. The van der Waals surface area contributed by atoms with Crippen LogP contribution in [0.15, 0.2) is 43.2 Å². The molecule has 4 heterocycles. The first-order valence-electron chi connectivity index (χ1n) is 11.0. The predicted molar refractivity (Wildman–Crippen MR) is 122 cm³/mol. The molecule has 2 fully saturated rings. The molecule has 0 aliphatic carbocycles. The highest BCUT2D eigenvalue weighted by atomic mass is 35.5. The monoisotopic (exact) mass is 470 g/mol. The van der Waals surface area contributed by atoms with E-state index in [4.69, 9.17) is 11.6 Å². The summed E-state index contributed by atoms with van der Waals surface area (Å²) in [5.74, 6) is 1.11. The number of hydrogen-bond acceptors (Lipinski definition) is 7. The largest absolute Gasteiger partial charge is 0.368 e. The van der Waals surface area contributed by atoms with E-state index in [9.17, 15) is 9.18 Å². The maximum Gasteiger partial charge on any atom is 0.227 e. The minimum Gasteiger partial charge on any atom is -0.368 e. The smallest absolute Gasteiger partial charge is 0.227 e. The van der Waals surface area contributed by atoms with E-state index in [0.29, 0.717) is 38.5 Å². The summed E-state index contributed by atoms with van der Waals surface area (Å²) in [6, 6.07) is 6.62. The molecule has 33 heavy (non-hydrogen) atoms. The second kappa shape index (κ2) is 9.30. The molecule has 3 aromatic rings. The number of nitrogens with zero attached hydrogens (tertiary/aromatic N) is 8. The molecule has 1 aromatic carbocycles. The lowest BCUT2D eigenvalue weighted by Gasteiger charge is -2.40. The lowest BCUT2D eigenvalue weighted by atomic mass is 9.96. The minimum absolute atomic E-state index is 0.0737. The molecule has 2 aromatic heterocycles. The van der Waals surface area contributed by atoms with Crippen molar-refractivity contribution in [2.45, 2.75) is 12.8 Å². The molecule has 1 amide bonds. The van der Waals surface area contributed by atoms with Crippen molar-refractivity contribution in [2.75, 3.05) is 49.1 Å². The van der Waals surface area contributed by atoms with E-state index in [0.717, 1.165) is 30.9 Å². The number of carbonyl (C=O) groups excluding carboxylic acids is 1. The molecule has 1 atom stereocenters. The maximum atomic E-state index is 13.5. The van der Waals surface area contributed by atoms with Gasteiger partial charge in [-0.25, -0.2) is 24.0 Å². The van der Waals surface area contributed by atoms with Crippen molar-refractivity contribution in [3.63, 3.8) is 0 Å². The summed E-state index contributed by atoms with van der Waals surface area (Å²) in [5.41, 5.74) is 0.879. The van der Waals surface area contributed by atoms with Crippen molar-refractivity contribution >= 4 is 29.0 Å². The fourth-order valence-electron chi connectivity index (χ4n) is 4.47. The lowest BCUT2D eigenvalue weighted by molar-refractivity contribution is -0.136. The second-order valence-electron chi connectivity index (χ2n) is 8.27. The van der Waals surface area contributed by atoms with Crippen molar-refractivity contribution in [2.24, 2.45) is 5.92 Å². The van der Waals surface area contributed by atoms with Gasteiger partial charge in [-0.05, 0) is 31.0 Å². The Morgan fingerprint density at radius 3 is 2.58 bits per heavy atom. The first-order valence-corrected chi connectivity index (χ1v) is 11.4. The average molecular weight is 471 g/mol. The zero-order chi connectivity index (χ0) is 22.8. The molecule has 9 nitrogen and oxygen atoms in total. The van der Waals surface area contributed by atoms with Crippen molar-refractivity contribution in [3.8, 4) is 5.82 Å². The summed E-state index contributed by atoms with van der Waals surface area (Å²) in [4.78, 5) is 32.1.